The van der Waals surface area contributed by atoms with Gasteiger partial charge in [0.05, 0.1) is 32.1 Å². The van der Waals surface area contributed by atoms with Crippen LogP contribution >= 0.6 is 0 Å². The molecule has 7 nitrogen and oxygen atoms in total. The molecule has 0 saturated heterocycles. The average Bonchev–Trinajstić information content (AvgIpc) is 2.98. The number of hydrogen-bond acceptors (Lipinski definition) is 4. The second-order valence-electron chi connectivity index (χ2n) is 12.9. The molecular formula is C36H67NO6. The van der Waals surface area contributed by atoms with Crippen molar-refractivity contribution in [1.29, 1.82) is 0 Å². The monoisotopic (exact) mass is 609 g/mol. The lowest BCUT2D eigenvalue weighted by Gasteiger charge is -2.44. The van der Waals surface area contributed by atoms with E-state index >= 15 is 0 Å². The SMILES string of the molecule is CCCCCCCCCCCCCCCCC/C=C/CC[N+](CC(CC)C(=O)[O-])(CC(CC)C(=O)O)CC(CC)C(=O)O. The van der Waals surface area contributed by atoms with Crippen molar-refractivity contribution in [2.45, 2.75) is 156 Å². The van der Waals surface area contributed by atoms with E-state index in [4.69, 9.17) is 0 Å². The second kappa shape index (κ2) is 26.5. The van der Waals surface area contributed by atoms with E-state index in [-0.39, 0.29) is 24.1 Å². The van der Waals surface area contributed by atoms with E-state index in [0.29, 0.717) is 32.2 Å². The van der Waals surface area contributed by atoms with Gasteiger partial charge in [-0.3, -0.25) is 9.59 Å². The van der Waals surface area contributed by atoms with Gasteiger partial charge in [-0.25, -0.2) is 0 Å². The number of quaternary nitrogens is 1. The fourth-order valence-corrected chi connectivity index (χ4v) is 6.25. The summed E-state index contributed by atoms with van der Waals surface area (Å²) in [6.45, 7) is 8.85. The van der Waals surface area contributed by atoms with E-state index in [0.717, 1.165) is 12.8 Å². The van der Waals surface area contributed by atoms with Gasteiger partial charge in [-0.05, 0) is 32.1 Å². The van der Waals surface area contributed by atoms with Gasteiger partial charge in [-0.15, -0.1) is 0 Å². The maximum absolute atomic E-state index is 12.0. The summed E-state index contributed by atoms with van der Waals surface area (Å²) in [7, 11) is 0. The lowest BCUT2D eigenvalue weighted by molar-refractivity contribution is -0.934. The Morgan fingerprint density at radius 1 is 0.558 bits per heavy atom. The summed E-state index contributed by atoms with van der Waals surface area (Å²) >= 11 is 0. The highest BCUT2D eigenvalue weighted by Gasteiger charge is 2.39. The number of allylic oxidation sites excluding steroid dienone is 1. The van der Waals surface area contributed by atoms with Crippen molar-refractivity contribution in [3.05, 3.63) is 12.2 Å². The molecule has 0 aliphatic heterocycles. The van der Waals surface area contributed by atoms with Gasteiger partial charge in [0.1, 0.15) is 11.8 Å². The molecule has 0 heterocycles. The van der Waals surface area contributed by atoms with Crippen molar-refractivity contribution in [1.82, 2.24) is 0 Å². The number of carboxylic acids is 3. The Morgan fingerprint density at radius 3 is 1.26 bits per heavy atom. The minimum atomic E-state index is -1.15. The Hall–Kier alpha value is -1.89. The lowest BCUT2D eigenvalue weighted by Crippen LogP contribution is -2.59. The summed E-state index contributed by atoms with van der Waals surface area (Å²) in [6.07, 6.45) is 27.2. The standard InChI is InChI=1S/C36H67NO6/c1-5-9-10-11-12-13-14-15-16-17-18-19-20-21-22-23-24-25-26-27-37(28-31(6-2)34(38)39,29-32(7-3)35(40)41)30-33(8-4)36(42)43/h24-25,31-33H,5-23,26-30H2,1-4H3,(H2-,38,39,40,41,42,43)/b25-24+. The first-order valence-corrected chi connectivity index (χ1v) is 17.8. The Labute approximate surface area is 264 Å². The Bertz CT molecular complexity index is 692. The lowest BCUT2D eigenvalue weighted by atomic mass is 9.96. The fraction of sp³-hybridized carbons (Fsp3) is 0.861. The number of hydrogen-bond donors (Lipinski definition) is 2. The number of nitrogens with zero attached hydrogens (tertiary/aromatic N) is 1. The van der Waals surface area contributed by atoms with Gasteiger partial charge in [-0.2, -0.15) is 0 Å². The van der Waals surface area contributed by atoms with Gasteiger partial charge < -0.3 is 24.6 Å². The van der Waals surface area contributed by atoms with Gasteiger partial charge in [0.25, 0.3) is 0 Å². The summed E-state index contributed by atoms with van der Waals surface area (Å²) in [4.78, 5) is 35.8. The zero-order chi connectivity index (χ0) is 32.3. The Kier molecular flexibility index (Phi) is 25.3. The van der Waals surface area contributed by atoms with E-state index in [9.17, 15) is 29.7 Å². The van der Waals surface area contributed by atoms with Crippen LogP contribution in [0.2, 0.25) is 0 Å². The first-order chi connectivity index (χ1) is 20.7. The number of aliphatic carboxylic acids is 3. The molecule has 0 rings (SSSR count). The minimum Gasteiger partial charge on any atom is -0.550 e. The van der Waals surface area contributed by atoms with E-state index in [2.05, 4.69) is 19.1 Å². The largest absolute Gasteiger partial charge is 0.550 e. The molecule has 0 aliphatic rings. The molecule has 2 N–H and O–H groups in total. The van der Waals surface area contributed by atoms with Crippen LogP contribution in [0.3, 0.4) is 0 Å². The molecule has 0 aliphatic carbocycles. The van der Waals surface area contributed by atoms with Crippen molar-refractivity contribution in [2.75, 3.05) is 26.2 Å². The number of unbranched alkanes of at least 4 members (excludes halogenated alkanes) is 15. The van der Waals surface area contributed by atoms with E-state index in [1.165, 1.54) is 89.9 Å². The van der Waals surface area contributed by atoms with E-state index in [1.807, 2.05) is 13.8 Å². The van der Waals surface area contributed by atoms with Gasteiger partial charge in [0.2, 0.25) is 0 Å². The smallest absolute Gasteiger partial charge is 0.312 e. The number of carboxylic acid groups (broad SMARTS) is 3. The predicted octanol–water partition coefficient (Wildman–Crippen LogP) is 8.01. The zero-order valence-electron chi connectivity index (χ0n) is 28.3. The highest BCUT2D eigenvalue weighted by Crippen LogP contribution is 2.24. The fourth-order valence-electron chi connectivity index (χ4n) is 6.25. The highest BCUT2D eigenvalue weighted by atomic mass is 16.4. The summed E-state index contributed by atoms with van der Waals surface area (Å²) in [5, 5.41) is 31.5. The van der Waals surface area contributed by atoms with E-state index < -0.39 is 35.7 Å². The molecule has 3 unspecified atom stereocenters. The number of carbonyl (C=O) groups excluding carboxylic acids is 1. The molecule has 0 fully saturated rings. The first-order valence-electron chi connectivity index (χ1n) is 17.8. The van der Waals surface area contributed by atoms with Crippen molar-refractivity contribution >= 4 is 17.9 Å². The van der Waals surface area contributed by atoms with Crippen LogP contribution in [0.5, 0.6) is 0 Å². The topological polar surface area (TPSA) is 115 Å². The molecule has 0 bridgehead atoms. The van der Waals surface area contributed by atoms with Crippen LogP contribution in [-0.2, 0) is 14.4 Å². The Morgan fingerprint density at radius 2 is 0.907 bits per heavy atom. The predicted molar refractivity (Wildman–Crippen MR) is 175 cm³/mol. The van der Waals surface area contributed by atoms with Crippen molar-refractivity contribution in [3.8, 4) is 0 Å². The summed E-state index contributed by atoms with van der Waals surface area (Å²) in [5.74, 6) is -5.05. The normalized spacial score (nSPS) is 15.3. The molecule has 0 saturated carbocycles. The molecule has 0 spiro atoms. The van der Waals surface area contributed by atoms with Crippen LogP contribution in [0.4, 0.5) is 0 Å². The molecule has 252 valence electrons. The average molecular weight is 610 g/mol. The van der Waals surface area contributed by atoms with Crippen LogP contribution in [0.25, 0.3) is 0 Å². The summed E-state index contributed by atoms with van der Waals surface area (Å²) in [5.41, 5.74) is 0. The summed E-state index contributed by atoms with van der Waals surface area (Å²) in [6, 6.07) is 0. The molecule has 3 atom stereocenters. The third-order valence-corrected chi connectivity index (χ3v) is 9.24. The zero-order valence-corrected chi connectivity index (χ0v) is 28.3. The van der Waals surface area contributed by atoms with Crippen molar-refractivity contribution in [2.24, 2.45) is 17.8 Å². The van der Waals surface area contributed by atoms with E-state index in [1.54, 1.807) is 6.92 Å². The molecular weight excluding hydrogens is 542 g/mol. The second-order valence-corrected chi connectivity index (χ2v) is 12.9. The van der Waals surface area contributed by atoms with Crippen LogP contribution < -0.4 is 5.11 Å². The van der Waals surface area contributed by atoms with Gasteiger partial charge in [0.15, 0.2) is 0 Å². The van der Waals surface area contributed by atoms with Crippen molar-refractivity contribution < 1.29 is 34.2 Å². The molecule has 0 aromatic rings. The molecule has 43 heavy (non-hydrogen) atoms. The highest BCUT2D eigenvalue weighted by molar-refractivity contribution is 5.70. The maximum atomic E-state index is 12.0. The quantitative estimate of drug-likeness (QED) is 0.0467. The van der Waals surface area contributed by atoms with Crippen LogP contribution in [0.1, 0.15) is 156 Å². The molecule has 7 heteroatoms. The first kappa shape index (κ1) is 41.1. The van der Waals surface area contributed by atoms with Gasteiger partial charge >= 0.3 is 11.9 Å². The van der Waals surface area contributed by atoms with Gasteiger partial charge in [-0.1, -0.05) is 130 Å². The third kappa shape index (κ3) is 20.7. The maximum Gasteiger partial charge on any atom is 0.312 e. The van der Waals surface area contributed by atoms with Crippen LogP contribution in [0.15, 0.2) is 12.2 Å². The minimum absolute atomic E-state index is 0.172. The molecule has 0 radical (unpaired) electrons. The number of rotatable bonds is 31. The third-order valence-electron chi connectivity index (χ3n) is 9.24. The summed E-state index contributed by atoms with van der Waals surface area (Å²) < 4.78 is 0.172. The van der Waals surface area contributed by atoms with Crippen LogP contribution in [-0.4, -0.2) is 58.8 Å². The number of carbonyl (C=O) groups is 3. The Balaban J connectivity index is 4.70. The van der Waals surface area contributed by atoms with Crippen molar-refractivity contribution in [3.63, 3.8) is 0 Å². The molecule has 0 aromatic heterocycles. The molecule has 0 aromatic carbocycles. The van der Waals surface area contributed by atoms with Gasteiger partial charge in [0, 0.05) is 12.3 Å². The molecule has 0 amide bonds. The van der Waals surface area contributed by atoms with Crippen LogP contribution in [0, 0.1) is 17.8 Å².